The SMILES string of the molecule is CC1CN(C(C)(C)CNC(=O)C2CNCCO2)CC(C)O1.Cl.Cl. The minimum Gasteiger partial charge on any atom is -0.373 e. The summed E-state index contributed by atoms with van der Waals surface area (Å²) < 4.78 is 11.3. The van der Waals surface area contributed by atoms with Crippen LogP contribution in [0.25, 0.3) is 0 Å². The van der Waals surface area contributed by atoms with Crippen molar-refractivity contribution < 1.29 is 14.3 Å². The third-order valence-electron chi connectivity index (χ3n) is 4.19. The summed E-state index contributed by atoms with van der Waals surface area (Å²) in [5.41, 5.74) is -0.0932. The van der Waals surface area contributed by atoms with E-state index >= 15 is 0 Å². The Hall–Kier alpha value is -0.110. The first-order chi connectivity index (χ1) is 9.88. The van der Waals surface area contributed by atoms with E-state index in [0.29, 0.717) is 19.7 Å². The number of nitrogens with one attached hydrogen (secondary N) is 2. The van der Waals surface area contributed by atoms with Crippen LogP contribution >= 0.6 is 24.8 Å². The van der Waals surface area contributed by atoms with Gasteiger partial charge in [-0.05, 0) is 27.7 Å². The largest absolute Gasteiger partial charge is 0.373 e. The Morgan fingerprint density at radius 1 is 1.26 bits per heavy atom. The summed E-state index contributed by atoms with van der Waals surface area (Å²) in [4.78, 5) is 14.5. The number of carbonyl (C=O) groups is 1. The van der Waals surface area contributed by atoms with E-state index in [9.17, 15) is 4.79 Å². The molecule has 0 radical (unpaired) electrons. The average Bonchev–Trinajstić information content (AvgIpc) is 2.45. The second-order valence-electron chi connectivity index (χ2n) is 6.76. The predicted molar refractivity (Wildman–Crippen MR) is 95.8 cm³/mol. The predicted octanol–water partition coefficient (Wildman–Crippen LogP) is 0.822. The number of carbonyl (C=O) groups excluding carboxylic acids is 1. The van der Waals surface area contributed by atoms with Gasteiger partial charge in [0.2, 0.25) is 0 Å². The molecule has 3 unspecified atom stereocenters. The van der Waals surface area contributed by atoms with Crippen molar-refractivity contribution in [3.63, 3.8) is 0 Å². The van der Waals surface area contributed by atoms with E-state index in [4.69, 9.17) is 9.47 Å². The normalized spacial score (nSPS) is 29.1. The maximum Gasteiger partial charge on any atom is 0.250 e. The fourth-order valence-corrected chi connectivity index (χ4v) is 2.94. The molecule has 138 valence electrons. The molecule has 0 spiro atoms. The van der Waals surface area contributed by atoms with Crippen molar-refractivity contribution in [2.45, 2.75) is 51.5 Å². The standard InChI is InChI=1S/C15H29N3O3.2ClH/c1-11-8-18(9-12(2)21-11)15(3,4)10-17-14(19)13-7-16-5-6-20-13;;/h11-13,16H,5-10H2,1-4H3,(H,17,19);2*1H. The van der Waals surface area contributed by atoms with Gasteiger partial charge in [-0.15, -0.1) is 24.8 Å². The van der Waals surface area contributed by atoms with Gasteiger partial charge in [0.1, 0.15) is 6.10 Å². The molecule has 2 heterocycles. The van der Waals surface area contributed by atoms with E-state index in [1.807, 2.05) is 0 Å². The van der Waals surface area contributed by atoms with Crippen LogP contribution in [0.4, 0.5) is 0 Å². The molecule has 0 bridgehead atoms. The van der Waals surface area contributed by atoms with Crippen molar-refractivity contribution in [3.8, 4) is 0 Å². The summed E-state index contributed by atoms with van der Waals surface area (Å²) in [5, 5.41) is 6.21. The highest BCUT2D eigenvalue weighted by Gasteiger charge is 2.34. The van der Waals surface area contributed by atoms with Gasteiger partial charge in [-0.1, -0.05) is 0 Å². The monoisotopic (exact) mass is 371 g/mol. The zero-order valence-corrected chi connectivity index (χ0v) is 16.1. The minimum atomic E-state index is -0.364. The fraction of sp³-hybridized carbons (Fsp3) is 0.933. The lowest BCUT2D eigenvalue weighted by molar-refractivity contribution is -0.135. The Bertz CT molecular complexity index is 356. The van der Waals surface area contributed by atoms with Crippen LogP contribution in [0.2, 0.25) is 0 Å². The number of hydrogen-bond acceptors (Lipinski definition) is 5. The van der Waals surface area contributed by atoms with E-state index in [0.717, 1.165) is 19.6 Å². The van der Waals surface area contributed by atoms with Gasteiger partial charge in [-0.3, -0.25) is 9.69 Å². The molecule has 2 fully saturated rings. The van der Waals surface area contributed by atoms with Crippen molar-refractivity contribution in [2.24, 2.45) is 0 Å². The number of rotatable bonds is 4. The van der Waals surface area contributed by atoms with Crippen LogP contribution in [0.5, 0.6) is 0 Å². The van der Waals surface area contributed by atoms with Crippen LogP contribution in [0.15, 0.2) is 0 Å². The van der Waals surface area contributed by atoms with Crippen molar-refractivity contribution >= 4 is 30.7 Å². The summed E-state index contributed by atoms with van der Waals surface area (Å²) in [7, 11) is 0. The molecule has 2 N–H and O–H groups in total. The van der Waals surface area contributed by atoms with Gasteiger partial charge in [0, 0.05) is 38.3 Å². The number of amides is 1. The van der Waals surface area contributed by atoms with Gasteiger partial charge >= 0.3 is 0 Å². The Labute approximate surface area is 151 Å². The van der Waals surface area contributed by atoms with Gasteiger partial charge in [-0.25, -0.2) is 0 Å². The minimum absolute atomic E-state index is 0. The number of ether oxygens (including phenoxy) is 2. The van der Waals surface area contributed by atoms with Crippen LogP contribution in [-0.2, 0) is 14.3 Å². The van der Waals surface area contributed by atoms with Gasteiger partial charge in [0.15, 0.2) is 0 Å². The lowest BCUT2D eigenvalue weighted by Gasteiger charge is -2.45. The molecule has 0 aliphatic carbocycles. The van der Waals surface area contributed by atoms with Gasteiger partial charge in [0.25, 0.3) is 5.91 Å². The second-order valence-corrected chi connectivity index (χ2v) is 6.76. The van der Waals surface area contributed by atoms with Crippen LogP contribution in [0, 0.1) is 0 Å². The zero-order valence-electron chi connectivity index (χ0n) is 14.5. The van der Waals surface area contributed by atoms with E-state index < -0.39 is 0 Å². The highest BCUT2D eigenvalue weighted by Crippen LogP contribution is 2.20. The topological polar surface area (TPSA) is 62.8 Å². The van der Waals surface area contributed by atoms with Gasteiger partial charge in [-0.2, -0.15) is 0 Å². The fourth-order valence-electron chi connectivity index (χ4n) is 2.94. The number of nitrogens with zero attached hydrogens (tertiary/aromatic N) is 1. The molecule has 0 aromatic heterocycles. The molecule has 2 rings (SSSR count). The van der Waals surface area contributed by atoms with Crippen LogP contribution < -0.4 is 10.6 Å². The van der Waals surface area contributed by atoms with Crippen molar-refractivity contribution in [1.29, 1.82) is 0 Å². The smallest absolute Gasteiger partial charge is 0.250 e. The molecule has 2 aliphatic heterocycles. The van der Waals surface area contributed by atoms with Gasteiger partial charge < -0.3 is 20.1 Å². The Balaban J connectivity index is 0.00000242. The quantitative estimate of drug-likeness (QED) is 0.765. The number of morpholine rings is 2. The lowest BCUT2D eigenvalue weighted by atomic mass is 10.00. The van der Waals surface area contributed by atoms with E-state index in [-0.39, 0.29) is 54.6 Å². The Morgan fingerprint density at radius 2 is 1.87 bits per heavy atom. The number of halogens is 2. The second kappa shape index (κ2) is 10.0. The molecular formula is C15H31Cl2N3O3. The van der Waals surface area contributed by atoms with E-state index in [2.05, 4.69) is 43.2 Å². The summed E-state index contributed by atoms with van der Waals surface area (Å²) >= 11 is 0. The van der Waals surface area contributed by atoms with Crippen molar-refractivity contribution in [1.82, 2.24) is 15.5 Å². The molecule has 1 amide bonds. The average molecular weight is 372 g/mol. The molecule has 0 aromatic rings. The summed E-state index contributed by atoms with van der Waals surface area (Å²) in [6, 6.07) is 0. The molecule has 23 heavy (non-hydrogen) atoms. The third kappa shape index (κ3) is 6.72. The lowest BCUT2D eigenvalue weighted by Crippen LogP contribution is -2.59. The third-order valence-corrected chi connectivity index (χ3v) is 4.19. The van der Waals surface area contributed by atoms with Crippen molar-refractivity contribution in [3.05, 3.63) is 0 Å². The van der Waals surface area contributed by atoms with Crippen LogP contribution in [0.3, 0.4) is 0 Å². The van der Waals surface area contributed by atoms with Crippen molar-refractivity contribution in [2.75, 3.05) is 39.3 Å². The molecule has 2 aliphatic rings. The Kier molecular flexibility index (Phi) is 9.96. The van der Waals surface area contributed by atoms with E-state index in [1.165, 1.54) is 0 Å². The molecule has 0 saturated carbocycles. The summed E-state index contributed by atoms with van der Waals surface area (Å²) in [6.45, 7) is 12.9. The molecule has 8 heteroatoms. The van der Waals surface area contributed by atoms with Crippen LogP contribution in [-0.4, -0.2) is 74.0 Å². The zero-order chi connectivity index (χ0) is 15.5. The van der Waals surface area contributed by atoms with Gasteiger partial charge in [0.05, 0.1) is 18.8 Å². The molecule has 3 atom stereocenters. The highest BCUT2D eigenvalue weighted by atomic mass is 35.5. The molecule has 2 saturated heterocycles. The maximum atomic E-state index is 12.1. The first kappa shape index (κ1) is 22.9. The first-order valence-electron chi connectivity index (χ1n) is 7.89. The molecule has 0 aromatic carbocycles. The first-order valence-corrected chi connectivity index (χ1v) is 7.89. The highest BCUT2D eigenvalue weighted by molar-refractivity contribution is 5.85. The molecular weight excluding hydrogens is 341 g/mol. The summed E-state index contributed by atoms with van der Waals surface area (Å²) in [5.74, 6) is -0.0235. The van der Waals surface area contributed by atoms with Crippen LogP contribution in [0.1, 0.15) is 27.7 Å². The Morgan fingerprint density at radius 3 is 2.39 bits per heavy atom. The summed E-state index contributed by atoms with van der Waals surface area (Å²) in [6.07, 6.45) is 0.0984. The molecule has 6 nitrogen and oxygen atoms in total. The maximum absolute atomic E-state index is 12.1. The number of hydrogen-bond donors (Lipinski definition) is 2. The van der Waals surface area contributed by atoms with E-state index in [1.54, 1.807) is 0 Å².